The number of furan rings is 1. The number of nitrogens with one attached hydrogen (secondary N) is 1. The zero-order valence-electron chi connectivity index (χ0n) is 17.0. The number of hydrogen-bond acceptors (Lipinski definition) is 8. The third kappa shape index (κ3) is 4.18. The van der Waals surface area contributed by atoms with Crippen LogP contribution in [0.15, 0.2) is 47.1 Å². The number of aryl methyl sites for hydroxylation is 1. The first-order valence-electron chi connectivity index (χ1n) is 10.2. The first-order valence-corrected chi connectivity index (χ1v) is 10.2. The van der Waals surface area contributed by atoms with Crippen LogP contribution in [0, 0.1) is 6.92 Å². The van der Waals surface area contributed by atoms with E-state index < -0.39 is 0 Å². The van der Waals surface area contributed by atoms with Crippen molar-refractivity contribution in [1.29, 1.82) is 0 Å². The van der Waals surface area contributed by atoms with Crippen LogP contribution in [0.1, 0.15) is 17.0 Å². The summed E-state index contributed by atoms with van der Waals surface area (Å²) >= 11 is 0. The quantitative estimate of drug-likeness (QED) is 0.668. The van der Waals surface area contributed by atoms with E-state index >= 15 is 0 Å². The number of ether oxygens (including phenoxy) is 2. The summed E-state index contributed by atoms with van der Waals surface area (Å²) in [6, 6.07) is 12.0. The fourth-order valence-corrected chi connectivity index (χ4v) is 3.78. The lowest BCUT2D eigenvalue weighted by Crippen LogP contribution is -2.46. The molecule has 0 spiro atoms. The summed E-state index contributed by atoms with van der Waals surface area (Å²) in [5.41, 5.74) is 2.19. The van der Waals surface area contributed by atoms with Gasteiger partial charge in [0.15, 0.2) is 11.5 Å². The third-order valence-corrected chi connectivity index (χ3v) is 5.36. The van der Waals surface area contributed by atoms with E-state index in [1.807, 2.05) is 31.2 Å². The summed E-state index contributed by atoms with van der Waals surface area (Å²) in [6.07, 6.45) is 1.68. The molecule has 30 heavy (non-hydrogen) atoms. The van der Waals surface area contributed by atoms with Gasteiger partial charge in [0.2, 0.25) is 12.7 Å². The summed E-state index contributed by atoms with van der Waals surface area (Å²) in [6.45, 7) is 7.52. The standard InChI is InChI=1S/C22H25N5O3/c1-16-11-21(23-13-18-3-2-10-28-18)25-22(24-16)27-8-6-26(7-9-27)14-17-4-5-19-20(12-17)30-15-29-19/h2-5,10-12H,6-9,13-15H2,1H3,(H,23,24,25). The van der Waals surface area contributed by atoms with Gasteiger partial charge in [0, 0.05) is 44.5 Å². The van der Waals surface area contributed by atoms with Gasteiger partial charge < -0.3 is 24.1 Å². The molecular formula is C22H25N5O3. The first-order chi connectivity index (χ1) is 14.7. The molecule has 1 fully saturated rings. The first kappa shape index (κ1) is 18.7. The van der Waals surface area contributed by atoms with Crippen LogP contribution in [0.3, 0.4) is 0 Å². The molecule has 3 aromatic rings. The Kier molecular flexibility index (Phi) is 5.15. The molecule has 5 rings (SSSR count). The maximum absolute atomic E-state index is 5.49. The minimum Gasteiger partial charge on any atom is -0.467 e. The Labute approximate surface area is 175 Å². The van der Waals surface area contributed by atoms with E-state index in [9.17, 15) is 0 Å². The third-order valence-electron chi connectivity index (χ3n) is 5.36. The van der Waals surface area contributed by atoms with Crippen molar-refractivity contribution >= 4 is 11.8 Å². The largest absolute Gasteiger partial charge is 0.467 e. The maximum Gasteiger partial charge on any atom is 0.231 e. The van der Waals surface area contributed by atoms with Gasteiger partial charge in [0.05, 0.1) is 12.8 Å². The molecule has 2 aliphatic heterocycles. The van der Waals surface area contributed by atoms with E-state index in [1.165, 1.54) is 5.56 Å². The van der Waals surface area contributed by atoms with Crippen molar-refractivity contribution in [2.75, 3.05) is 43.2 Å². The Morgan fingerprint density at radius 1 is 1.00 bits per heavy atom. The Morgan fingerprint density at radius 2 is 1.87 bits per heavy atom. The van der Waals surface area contributed by atoms with Crippen molar-refractivity contribution in [2.24, 2.45) is 0 Å². The molecule has 156 valence electrons. The summed E-state index contributed by atoms with van der Waals surface area (Å²) < 4.78 is 16.3. The van der Waals surface area contributed by atoms with E-state index in [2.05, 4.69) is 32.2 Å². The van der Waals surface area contributed by atoms with Gasteiger partial charge in [-0.2, -0.15) is 4.98 Å². The van der Waals surface area contributed by atoms with Crippen molar-refractivity contribution in [3.05, 3.63) is 59.7 Å². The molecular weight excluding hydrogens is 382 g/mol. The van der Waals surface area contributed by atoms with Gasteiger partial charge >= 0.3 is 0 Å². The normalized spacial score (nSPS) is 16.1. The molecule has 4 heterocycles. The molecule has 2 aromatic heterocycles. The van der Waals surface area contributed by atoms with E-state index in [-0.39, 0.29) is 0 Å². The lowest BCUT2D eigenvalue weighted by molar-refractivity contribution is 0.174. The molecule has 1 aromatic carbocycles. The predicted molar refractivity (Wildman–Crippen MR) is 113 cm³/mol. The van der Waals surface area contributed by atoms with Gasteiger partial charge in [0.1, 0.15) is 11.6 Å². The van der Waals surface area contributed by atoms with Crippen LogP contribution in [0.25, 0.3) is 0 Å². The molecule has 0 unspecified atom stereocenters. The number of benzene rings is 1. The number of piperazine rings is 1. The van der Waals surface area contributed by atoms with Crippen molar-refractivity contribution in [3.8, 4) is 11.5 Å². The van der Waals surface area contributed by atoms with Gasteiger partial charge in [-0.15, -0.1) is 0 Å². The van der Waals surface area contributed by atoms with Crippen molar-refractivity contribution < 1.29 is 13.9 Å². The fourth-order valence-electron chi connectivity index (χ4n) is 3.78. The molecule has 0 amide bonds. The average molecular weight is 407 g/mol. The second-order valence-corrected chi connectivity index (χ2v) is 7.58. The van der Waals surface area contributed by atoms with E-state index in [1.54, 1.807) is 6.26 Å². The Hall–Kier alpha value is -3.26. The van der Waals surface area contributed by atoms with Crippen LogP contribution in [-0.2, 0) is 13.1 Å². The lowest BCUT2D eigenvalue weighted by atomic mass is 10.1. The Bertz CT molecular complexity index is 1000. The highest BCUT2D eigenvalue weighted by atomic mass is 16.7. The van der Waals surface area contributed by atoms with Crippen molar-refractivity contribution in [2.45, 2.75) is 20.0 Å². The number of nitrogens with zero attached hydrogens (tertiary/aromatic N) is 4. The minimum absolute atomic E-state index is 0.312. The SMILES string of the molecule is Cc1cc(NCc2ccco2)nc(N2CCN(Cc3ccc4c(c3)OCO4)CC2)n1. The van der Waals surface area contributed by atoms with E-state index in [0.717, 1.165) is 67.4 Å². The van der Waals surface area contributed by atoms with Crippen LogP contribution in [0.5, 0.6) is 11.5 Å². The summed E-state index contributed by atoms with van der Waals surface area (Å²) in [5.74, 6) is 4.15. The van der Waals surface area contributed by atoms with Crippen LogP contribution in [-0.4, -0.2) is 47.8 Å². The number of fused-ring (bicyclic) bond motifs is 1. The number of hydrogen-bond donors (Lipinski definition) is 1. The molecule has 1 saturated heterocycles. The highest BCUT2D eigenvalue weighted by molar-refractivity contribution is 5.45. The Morgan fingerprint density at radius 3 is 2.70 bits per heavy atom. The molecule has 8 heteroatoms. The average Bonchev–Trinajstić information content (AvgIpc) is 3.44. The van der Waals surface area contributed by atoms with Gasteiger partial charge in [-0.3, -0.25) is 4.90 Å². The highest BCUT2D eigenvalue weighted by Gasteiger charge is 2.21. The minimum atomic E-state index is 0.312. The topological polar surface area (TPSA) is 75.9 Å². The number of anilines is 2. The molecule has 8 nitrogen and oxygen atoms in total. The van der Waals surface area contributed by atoms with Gasteiger partial charge in [0.25, 0.3) is 0 Å². The molecule has 0 aliphatic carbocycles. The zero-order chi connectivity index (χ0) is 20.3. The van der Waals surface area contributed by atoms with Crippen molar-refractivity contribution in [3.63, 3.8) is 0 Å². The van der Waals surface area contributed by atoms with Crippen molar-refractivity contribution in [1.82, 2.24) is 14.9 Å². The zero-order valence-corrected chi connectivity index (χ0v) is 17.0. The van der Waals surface area contributed by atoms with Crippen LogP contribution in [0.2, 0.25) is 0 Å². The molecule has 0 atom stereocenters. The predicted octanol–water partition coefficient (Wildman–Crippen LogP) is 3.04. The summed E-state index contributed by atoms with van der Waals surface area (Å²) in [4.78, 5) is 14.1. The highest BCUT2D eigenvalue weighted by Crippen LogP contribution is 2.33. The fraction of sp³-hybridized carbons (Fsp3) is 0.364. The second kappa shape index (κ2) is 8.23. The second-order valence-electron chi connectivity index (χ2n) is 7.58. The van der Waals surface area contributed by atoms with E-state index in [0.29, 0.717) is 13.3 Å². The van der Waals surface area contributed by atoms with E-state index in [4.69, 9.17) is 18.9 Å². The monoisotopic (exact) mass is 407 g/mol. The summed E-state index contributed by atoms with van der Waals surface area (Å²) in [7, 11) is 0. The number of rotatable bonds is 6. The van der Waals surface area contributed by atoms with Gasteiger partial charge in [-0.1, -0.05) is 6.07 Å². The molecule has 1 N–H and O–H groups in total. The molecule has 2 aliphatic rings. The molecule has 0 saturated carbocycles. The van der Waals surface area contributed by atoms with Gasteiger partial charge in [-0.25, -0.2) is 4.98 Å². The Balaban J connectivity index is 1.19. The molecule has 0 bridgehead atoms. The number of aromatic nitrogens is 2. The lowest BCUT2D eigenvalue weighted by Gasteiger charge is -2.35. The van der Waals surface area contributed by atoms with Crippen LogP contribution < -0.4 is 19.7 Å². The smallest absolute Gasteiger partial charge is 0.231 e. The van der Waals surface area contributed by atoms with Gasteiger partial charge in [-0.05, 0) is 36.8 Å². The molecule has 0 radical (unpaired) electrons. The summed E-state index contributed by atoms with van der Waals surface area (Å²) in [5, 5.41) is 3.33. The maximum atomic E-state index is 5.49. The van der Waals surface area contributed by atoms with Crippen LogP contribution >= 0.6 is 0 Å². The van der Waals surface area contributed by atoms with Crippen LogP contribution in [0.4, 0.5) is 11.8 Å².